The summed E-state index contributed by atoms with van der Waals surface area (Å²) in [5.74, 6) is 1.94. The van der Waals surface area contributed by atoms with Crippen LogP contribution in [0.2, 0.25) is 5.02 Å². The predicted molar refractivity (Wildman–Crippen MR) is 110 cm³/mol. The molecule has 4 rings (SSSR count). The van der Waals surface area contributed by atoms with Crippen LogP contribution < -0.4 is 14.2 Å². The number of halogens is 1. The molecular weight excluding hydrogens is 394 g/mol. The van der Waals surface area contributed by atoms with Crippen LogP contribution in [0.25, 0.3) is 0 Å². The van der Waals surface area contributed by atoms with Gasteiger partial charge in [0.05, 0.1) is 40.0 Å². The summed E-state index contributed by atoms with van der Waals surface area (Å²) in [5, 5.41) is 20.3. The van der Waals surface area contributed by atoms with Crippen molar-refractivity contribution in [2.24, 2.45) is 0 Å². The van der Waals surface area contributed by atoms with Crippen molar-refractivity contribution in [2.45, 2.75) is 25.4 Å². The number of hydrogen-bond donors (Lipinski definition) is 2. The summed E-state index contributed by atoms with van der Waals surface area (Å²) in [7, 11) is 5.41. The molecule has 2 heterocycles. The first-order valence-electron chi connectivity index (χ1n) is 9.77. The molecule has 0 fully saturated rings. The smallest absolute Gasteiger partial charge is 0.170 e. The zero-order valence-corrected chi connectivity index (χ0v) is 17.8. The molecule has 2 unspecified atom stereocenters. The van der Waals surface area contributed by atoms with Gasteiger partial charge in [-0.2, -0.15) is 0 Å². The zero-order chi connectivity index (χ0) is 20.8. The van der Waals surface area contributed by atoms with E-state index in [0.29, 0.717) is 22.3 Å². The van der Waals surface area contributed by atoms with Crippen LogP contribution >= 0.6 is 11.6 Å². The second-order valence-corrected chi connectivity index (χ2v) is 8.38. The Kier molecular flexibility index (Phi) is 5.27. The number of methoxy groups -OCH3 is 2. The van der Waals surface area contributed by atoms with Crippen molar-refractivity contribution < 1.29 is 28.9 Å². The molecule has 2 atom stereocenters. The molecule has 2 aliphatic rings. The van der Waals surface area contributed by atoms with Crippen LogP contribution in [0.5, 0.6) is 23.0 Å². The molecule has 29 heavy (non-hydrogen) atoms. The standard InChI is InChI=1S/C22H26ClNO5/c1-24-5-4-13-8-20(27-2)19(26)10-14(13)18(24)9-15-16(12-24)22(29-7-6-25)21(28-3)11-17(15)23/h8,10-11,18,25H,4-7,9,12H2,1-3H3/p+1. The van der Waals surface area contributed by atoms with E-state index in [4.69, 9.17) is 25.8 Å². The number of benzene rings is 2. The highest BCUT2D eigenvalue weighted by molar-refractivity contribution is 6.31. The Labute approximate surface area is 175 Å². The highest BCUT2D eigenvalue weighted by atomic mass is 35.5. The normalized spacial score (nSPS) is 22.3. The Morgan fingerprint density at radius 1 is 1.14 bits per heavy atom. The van der Waals surface area contributed by atoms with Crippen LogP contribution in [-0.2, 0) is 19.4 Å². The molecule has 7 heteroatoms. The fourth-order valence-electron chi connectivity index (χ4n) is 4.80. The minimum absolute atomic E-state index is 0.0657. The van der Waals surface area contributed by atoms with E-state index in [2.05, 4.69) is 7.05 Å². The summed E-state index contributed by atoms with van der Waals surface area (Å²) in [6, 6.07) is 5.77. The number of aliphatic hydroxyl groups is 1. The fourth-order valence-corrected chi connectivity index (χ4v) is 5.09. The topological polar surface area (TPSA) is 68.2 Å². The molecule has 2 aromatic carbocycles. The molecule has 0 bridgehead atoms. The van der Waals surface area contributed by atoms with Gasteiger partial charge in [0.25, 0.3) is 0 Å². The van der Waals surface area contributed by atoms with Gasteiger partial charge in [0, 0.05) is 29.5 Å². The van der Waals surface area contributed by atoms with Crippen molar-refractivity contribution in [1.82, 2.24) is 0 Å². The van der Waals surface area contributed by atoms with Crippen molar-refractivity contribution >= 4 is 11.6 Å². The van der Waals surface area contributed by atoms with E-state index in [1.54, 1.807) is 20.3 Å². The lowest BCUT2D eigenvalue weighted by molar-refractivity contribution is -0.956. The number of phenolic OH excluding ortho intramolecular Hbond substituents is 1. The van der Waals surface area contributed by atoms with Crippen LogP contribution in [0.3, 0.4) is 0 Å². The molecule has 2 N–H and O–H groups in total. The minimum Gasteiger partial charge on any atom is -0.504 e. The van der Waals surface area contributed by atoms with Gasteiger partial charge in [0.1, 0.15) is 19.2 Å². The van der Waals surface area contributed by atoms with E-state index >= 15 is 0 Å². The number of hydrogen-bond acceptors (Lipinski definition) is 5. The molecule has 0 radical (unpaired) electrons. The van der Waals surface area contributed by atoms with Crippen molar-refractivity contribution in [1.29, 1.82) is 0 Å². The van der Waals surface area contributed by atoms with Crippen LogP contribution in [0.4, 0.5) is 0 Å². The number of fused-ring (bicyclic) bond motifs is 4. The minimum atomic E-state index is -0.0657. The highest BCUT2D eigenvalue weighted by Gasteiger charge is 2.45. The maximum absolute atomic E-state index is 10.4. The van der Waals surface area contributed by atoms with Gasteiger partial charge in [-0.1, -0.05) is 11.6 Å². The average Bonchev–Trinajstić information content (AvgIpc) is 2.71. The van der Waals surface area contributed by atoms with Crippen molar-refractivity contribution in [2.75, 3.05) is 41.0 Å². The first-order chi connectivity index (χ1) is 13.9. The van der Waals surface area contributed by atoms with E-state index in [1.807, 2.05) is 12.1 Å². The summed E-state index contributed by atoms with van der Waals surface area (Å²) < 4.78 is 17.5. The monoisotopic (exact) mass is 420 g/mol. The zero-order valence-electron chi connectivity index (χ0n) is 17.0. The van der Waals surface area contributed by atoms with Crippen molar-refractivity contribution in [3.8, 4) is 23.0 Å². The maximum atomic E-state index is 10.4. The van der Waals surface area contributed by atoms with E-state index < -0.39 is 0 Å². The summed E-state index contributed by atoms with van der Waals surface area (Å²) in [6.45, 7) is 1.83. The molecule has 0 spiro atoms. The number of nitrogens with zero attached hydrogens (tertiary/aromatic N) is 1. The Bertz CT molecular complexity index is 948. The van der Waals surface area contributed by atoms with Gasteiger partial charge in [-0.3, -0.25) is 0 Å². The van der Waals surface area contributed by atoms with Gasteiger partial charge in [-0.05, 0) is 23.3 Å². The number of ether oxygens (including phenoxy) is 3. The van der Waals surface area contributed by atoms with Gasteiger partial charge >= 0.3 is 0 Å². The molecule has 0 saturated carbocycles. The number of phenols is 1. The van der Waals surface area contributed by atoms with Crippen LogP contribution in [0.1, 0.15) is 28.3 Å². The number of aromatic hydroxyl groups is 1. The maximum Gasteiger partial charge on any atom is 0.170 e. The summed E-state index contributed by atoms with van der Waals surface area (Å²) in [4.78, 5) is 0. The Morgan fingerprint density at radius 3 is 2.59 bits per heavy atom. The number of likely N-dealkylation sites (N-methyl/N-ethyl adjacent to an activating group) is 1. The molecule has 156 valence electrons. The molecule has 6 nitrogen and oxygen atoms in total. The third kappa shape index (κ3) is 3.29. The first-order valence-corrected chi connectivity index (χ1v) is 10.2. The lowest BCUT2D eigenvalue weighted by Crippen LogP contribution is -2.53. The summed E-state index contributed by atoms with van der Waals surface area (Å²) >= 11 is 6.65. The molecule has 2 aromatic rings. The Balaban J connectivity index is 1.83. The largest absolute Gasteiger partial charge is 0.504 e. The Morgan fingerprint density at radius 2 is 1.90 bits per heavy atom. The first kappa shape index (κ1) is 20.1. The van der Waals surface area contributed by atoms with Crippen LogP contribution in [0, 0.1) is 0 Å². The van der Waals surface area contributed by atoms with Gasteiger partial charge in [0.15, 0.2) is 23.0 Å². The predicted octanol–water partition coefficient (Wildman–Crippen LogP) is 3.23. The molecule has 0 aliphatic carbocycles. The summed E-state index contributed by atoms with van der Waals surface area (Å²) in [5.41, 5.74) is 4.45. The Hall–Kier alpha value is -2.15. The molecule has 0 saturated heterocycles. The molecule has 2 aliphatic heterocycles. The molecular formula is C22H27ClNO5+. The average molecular weight is 421 g/mol. The highest BCUT2D eigenvalue weighted by Crippen LogP contribution is 2.50. The van der Waals surface area contributed by atoms with E-state index in [1.165, 1.54) is 5.56 Å². The second kappa shape index (κ2) is 7.59. The van der Waals surface area contributed by atoms with Gasteiger partial charge in [0.2, 0.25) is 0 Å². The second-order valence-electron chi connectivity index (χ2n) is 7.97. The third-order valence-corrected chi connectivity index (χ3v) is 6.66. The van der Waals surface area contributed by atoms with Gasteiger partial charge in [-0.25, -0.2) is 0 Å². The van der Waals surface area contributed by atoms with Gasteiger partial charge in [-0.15, -0.1) is 0 Å². The van der Waals surface area contributed by atoms with Gasteiger partial charge < -0.3 is 28.9 Å². The lowest BCUT2D eigenvalue weighted by atomic mass is 9.81. The number of rotatable bonds is 5. The summed E-state index contributed by atoms with van der Waals surface area (Å²) in [6.07, 6.45) is 1.64. The SMILES string of the molecule is COc1cc2c(cc1O)C1Cc3c(Cl)cc(OC)c(OCCO)c3C[N+]1(C)CC2. The van der Waals surface area contributed by atoms with Crippen LogP contribution in [0.15, 0.2) is 18.2 Å². The van der Waals surface area contributed by atoms with Crippen LogP contribution in [-0.4, -0.2) is 55.7 Å². The van der Waals surface area contributed by atoms with E-state index in [0.717, 1.165) is 47.1 Å². The van der Waals surface area contributed by atoms with E-state index in [-0.39, 0.29) is 25.0 Å². The lowest BCUT2D eigenvalue weighted by Gasteiger charge is -2.49. The molecule has 0 aromatic heterocycles. The fraction of sp³-hybridized carbons (Fsp3) is 0.455. The van der Waals surface area contributed by atoms with Crippen molar-refractivity contribution in [3.05, 3.63) is 45.5 Å². The third-order valence-electron chi connectivity index (χ3n) is 6.33. The van der Waals surface area contributed by atoms with E-state index in [9.17, 15) is 10.2 Å². The quantitative estimate of drug-likeness (QED) is 0.727. The number of aliphatic hydroxyl groups excluding tert-OH is 1. The molecule has 0 amide bonds. The van der Waals surface area contributed by atoms with Crippen molar-refractivity contribution in [3.63, 3.8) is 0 Å². The number of quaternary nitrogens is 1.